The predicted molar refractivity (Wildman–Crippen MR) is 118 cm³/mol. The van der Waals surface area contributed by atoms with Crippen LogP contribution in [0, 0.1) is 6.92 Å². The van der Waals surface area contributed by atoms with Gasteiger partial charge in [0.15, 0.2) is 0 Å². The number of fused-ring (bicyclic) bond motifs is 2. The average molecular weight is 413 g/mol. The van der Waals surface area contributed by atoms with Crippen LogP contribution in [-0.4, -0.2) is 25.2 Å². The summed E-state index contributed by atoms with van der Waals surface area (Å²) in [5.74, 6) is 0.288. The first-order chi connectivity index (χ1) is 15.1. The van der Waals surface area contributed by atoms with E-state index in [2.05, 4.69) is 10.3 Å². The lowest BCUT2D eigenvalue weighted by Crippen LogP contribution is -2.34. The Labute approximate surface area is 179 Å². The number of aryl methyl sites for hydroxylation is 1. The number of carbonyl (C=O) groups is 1. The van der Waals surface area contributed by atoms with Gasteiger partial charge >= 0.3 is 0 Å². The van der Waals surface area contributed by atoms with Crippen molar-refractivity contribution in [3.05, 3.63) is 87.7 Å². The number of nitrogens with zero attached hydrogens (tertiary/aromatic N) is 4. The van der Waals surface area contributed by atoms with Crippen LogP contribution in [0.2, 0.25) is 0 Å². The van der Waals surface area contributed by atoms with E-state index < -0.39 is 0 Å². The molecule has 31 heavy (non-hydrogen) atoms. The Bertz CT molecular complexity index is 1340. The molecule has 0 radical (unpaired) electrons. The number of hydrogen-bond acceptors (Lipinski definition) is 4. The van der Waals surface area contributed by atoms with Gasteiger partial charge in [-0.2, -0.15) is 5.10 Å². The average Bonchev–Trinajstić information content (AvgIpc) is 3.39. The summed E-state index contributed by atoms with van der Waals surface area (Å²) in [6, 6.07) is 17.2. The first-order valence-corrected chi connectivity index (χ1v) is 10.5. The molecule has 0 unspecified atom stereocenters. The Morgan fingerprint density at radius 2 is 1.84 bits per heavy atom. The van der Waals surface area contributed by atoms with Gasteiger partial charge in [0.05, 0.1) is 28.8 Å². The largest absolute Gasteiger partial charge is 0.349 e. The van der Waals surface area contributed by atoms with Gasteiger partial charge in [0, 0.05) is 5.69 Å². The van der Waals surface area contributed by atoms with Crippen LogP contribution in [0.15, 0.2) is 59.4 Å². The second-order valence-electron chi connectivity index (χ2n) is 7.82. The fraction of sp³-hybridized carbons (Fsp3) is 0.250. The Kier molecular flexibility index (Phi) is 4.86. The Morgan fingerprint density at radius 1 is 1.06 bits per heavy atom. The highest BCUT2D eigenvalue weighted by molar-refractivity contribution is 5.79. The normalized spacial score (nSPS) is 12.8. The van der Waals surface area contributed by atoms with Crippen molar-refractivity contribution in [3.63, 3.8) is 0 Å². The van der Waals surface area contributed by atoms with Crippen LogP contribution in [0.4, 0.5) is 0 Å². The fourth-order valence-corrected chi connectivity index (χ4v) is 4.29. The smallest absolute Gasteiger partial charge is 0.261 e. The molecule has 0 saturated heterocycles. The standard InChI is InChI=1S/C24H23N5O2/c1-16-26-20-12-6-5-10-19(20)24(31)28(16)15-23(30)25-14-21-18-11-7-13-22(18)29(27-21)17-8-3-2-4-9-17/h2-6,8-10,12H,7,11,13-15H2,1H3,(H,25,30). The van der Waals surface area contributed by atoms with Gasteiger partial charge in [-0.05, 0) is 56.0 Å². The van der Waals surface area contributed by atoms with Crippen molar-refractivity contribution in [2.45, 2.75) is 39.3 Å². The van der Waals surface area contributed by atoms with E-state index in [4.69, 9.17) is 5.10 Å². The van der Waals surface area contributed by atoms with E-state index in [9.17, 15) is 9.59 Å². The second kappa shape index (κ2) is 7.83. The Hall–Kier alpha value is -3.74. The number of carbonyl (C=O) groups excluding carboxylic acids is 1. The molecule has 2 aromatic carbocycles. The number of para-hydroxylation sites is 2. The lowest BCUT2D eigenvalue weighted by Gasteiger charge is -2.11. The maximum Gasteiger partial charge on any atom is 0.261 e. The van der Waals surface area contributed by atoms with Crippen LogP contribution in [0.1, 0.15) is 29.2 Å². The monoisotopic (exact) mass is 413 g/mol. The molecule has 0 bridgehead atoms. The molecule has 0 spiro atoms. The molecule has 5 rings (SSSR count). The van der Waals surface area contributed by atoms with Crippen LogP contribution in [0.5, 0.6) is 0 Å². The maximum atomic E-state index is 12.8. The number of nitrogens with one attached hydrogen (secondary N) is 1. The van der Waals surface area contributed by atoms with Gasteiger partial charge in [0.2, 0.25) is 5.91 Å². The van der Waals surface area contributed by atoms with Crippen LogP contribution < -0.4 is 10.9 Å². The van der Waals surface area contributed by atoms with Gasteiger partial charge in [-0.25, -0.2) is 9.67 Å². The van der Waals surface area contributed by atoms with Crippen LogP contribution in [0.3, 0.4) is 0 Å². The van der Waals surface area contributed by atoms with E-state index in [1.165, 1.54) is 15.8 Å². The lowest BCUT2D eigenvalue weighted by molar-refractivity contribution is -0.121. The van der Waals surface area contributed by atoms with E-state index >= 15 is 0 Å². The molecular weight excluding hydrogens is 390 g/mol. The minimum Gasteiger partial charge on any atom is -0.349 e. The molecular formula is C24H23N5O2. The predicted octanol–water partition coefficient (Wildman–Crippen LogP) is 2.70. The van der Waals surface area contributed by atoms with Gasteiger partial charge in [-0.15, -0.1) is 0 Å². The van der Waals surface area contributed by atoms with E-state index in [0.29, 0.717) is 23.3 Å². The minimum atomic E-state index is -0.233. The topological polar surface area (TPSA) is 81.8 Å². The summed E-state index contributed by atoms with van der Waals surface area (Å²) in [5.41, 5.74) is 4.82. The van der Waals surface area contributed by atoms with Crippen molar-refractivity contribution in [3.8, 4) is 5.69 Å². The number of aromatic nitrogens is 4. The third-order valence-electron chi connectivity index (χ3n) is 5.82. The SMILES string of the molecule is Cc1nc2ccccc2c(=O)n1CC(=O)NCc1nn(-c2ccccc2)c2c1CCC2. The van der Waals surface area contributed by atoms with Crippen molar-refractivity contribution in [1.82, 2.24) is 24.6 Å². The quantitative estimate of drug-likeness (QED) is 0.545. The van der Waals surface area contributed by atoms with E-state index in [1.807, 2.05) is 41.1 Å². The highest BCUT2D eigenvalue weighted by atomic mass is 16.2. The summed E-state index contributed by atoms with van der Waals surface area (Å²) in [6.45, 7) is 2.02. The molecule has 0 saturated carbocycles. The summed E-state index contributed by atoms with van der Waals surface area (Å²) in [7, 11) is 0. The number of amides is 1. The summed E-state index contributed by atoms with van der Waals surface area (Å²) < 4.78 is 3.41. The summed E-state index contributed by atoms with van der Waals surface area (Å²) >= 11 is 0. The molecule has 1 N–H and O–H groups in total. The zero-order chi connectivity index (χ0) is 21.4. The molecule has 4 aromatic rings. The second-order valence-corrected chi connectivity index (χ2v) is 7.82. The molecule has 1 amide bonds. The van der Waals surface area contributed by atoms with Crippen molar-refractivity contribution in [1.29, 1.82) is 0 Å². The summed E-state index contributed by atoms with van der Waals surface area (Å²) in [6.07, 6.45) is 3.06. The molecule has 2 aromatic heterocycles. The molecule has 0 atom stereocenters. The Balaban J connectivity index is 1.35. The molecule has 1 aliphatic rings. The number of rotatable bonds is 5. The highest BCUT2D eigenvalue weighted by Gasteiger charge is 2.23. The van der Waals surface area contributed by atoms with Crippen LogP contribution in [-0.2, 0) is 30.7 Å². The highest BCUT2D eigenvalue weighted by Crippen LogP contribution is 2.27. The van der Waals surface area contributed by atoms with Gasteiger partial charge in [-0.3, -0.25) is 14.2 Å². The van der Waals surface area contributed by atoms with Crippen LogP contribution >= 0.6 is 0 Å². The fourth-order valence-electron chi connectivity index (χ4n) is 4.29. The third kappa shape index (κ3) is 3.52. The zero-order valence-electron chi connectivity index (χ0n) is 17.3. The number of benzene rings is 2. The van der Waals surface area contributed by atoms with E-state index in [1.54, 1.807) is 25.1 Å². The van der Waals surface area contributed by atoms with E-state index in [-0.39, 0.29) is 18.0 Å². The van der Waals surface area contributed by atoms with Gasteiger partial charge in [0.25, 0.3) is 5.56 Å². The van der Waals surface area contributed by atoms with Crippen molar-refractivity contribution in [2.24, 2.45) is 0 Å². The summed E-state index contributed by atoms with van der Waals surface area (Å²) in [4.78, 5) is 29.9. The third-order valence-corrected chi connectivity index (χ3v) is 5.82. The Morgan fingerprint density at radius 3 is 2.68 bits per heavy atom. The molecule has 7 nitrogen and oxygen atoms in total. The van der Waals surface area contributed by atoms with Crippen molar-refractivity contribution in [2.75, 3.05) is 0 Å². The van der Waals surface area contributed by atoms with Gasteiger partial charge < -0.3 is 5.32 Å². The first kappa shape index (κ1) is 19.2. The summed E-state index contributed by atoms with van der Waals surface area (Å²) in [5, 5.41) is 8.23. The number of hydrogen-bond donors (Lipinski definition) is 1. The molecule has 7 heteroatoms. The molecule has 2 heterocycles. The first-order valence-electron chi connectivity index (χ1n) is 10.5. The van der Waals surface area contributed by atoms with Crippen molar-refractivity contribution < 1.29 is 4.79 Å². The van der Waals surface area contributed by atoms with Crippen LogP contribution in [0.25, 0.3) is 16.6 Å². The van der Waals surface area contributed by atoms with Crippen molar-refractivity contribution >= 4 is 16.8 Å². The molecule has 1 aliphatic carbocycles. The van der Waals surface area contributed by atoms with Gasteiger partial charge in [0.1, 0.15) is 12.4 Å². The van der Waals surface area contributed by atoms with E-state index in [0.717, 1.165) is 30.6 Å². The maximum absolute atomic E-state index is 12.8. The zero-order valence-corrected chi connectivity index (χ0v) is 17.3. The molecule has 0 fully saturated rings. The van der Waals surface area contributed by atoms with Gasteiger partial charge in [-0.1, -0.05) is 30.3 Å². The lowest BCUT2D eigenvalue weighted by atomic mass is 10.2. The molecule has 156 valence electrons. The minimum absolute atomic E-state index is 0.0654. The molecule has 0 aliphatic heterocycles.